The second-order valence-electron chi connectivity index (χ2n) is 5.47. The molecule has 0 rings (SSSR count). The highest BCUT2D eigenvalue weighted by atomic mass is 15.2. The summed E-state index contributed by atoms with van der Waals surface area (Å²) in [6.07, 6.45) is 1.19. The second kappa shape index (κ2) is 8.97. The highest BCUT2D eigenvalue weighted by molar-refractivity contribution is 4.68. The molecule has 0 radical (unpaired) electrons. The summed E-state index contributed by atoms with van der Waals surface area (Å²) in [5.74, 6) is 1.39. The second-order valence-corrected chi connectivity index (χ2v) is 5.47. The smallest absolute Gasteiger partial charge is 0.0109 e. The lowest BCUT2D eigenvalue weighted by Gasteiger charge is -2.29. The van der Waals surface area contributed by atoms with Crippen molar-refractivity contribution in [2.24, 2.45) is 17.6 Å². The van der Waals surface area contributed by atoms with Crippen molar-refractivity contribution in [1.29, 1.82) is 0 Å². The summed E-state index contributed by atoms with van der Waals surface area (Å²) in [5.41, 5.74) is 5.78. The Balaban J connectivity index is 4.07. The number of likely N-dealkylation sites (N-methyl/N-ethyl adjacent to an activating group) is 1. The molecule has 0 amide bonds. The normalized spacial score (nSPS) is 14.1. The maximum Gasteiger partial charge on any atom is 0.0109 e. The molecule has 0 aliphatic rings. The number of nitrogens with zero attached hydrogens (tertiary/aromatic N) is 2. The molecule has 3 heteroatoms. The lowest BCUT2D eigenvalue weighted by Crippen LogP contribution is -2.39. The number of nitrogens with two attached hydrogens (primary N) is 1. The SMILES string of the molecule is CCC(CN)CN(CCN(C)C)CC(C)C. The minimum absolute atomic E-state index is 0.654. The minimum Gasteiger partial charge on any atom is -0.330 e. The van der Waals surface area contributed by atoms with Gasteiger partial charge in [-0.1, -0.05) is 27.2 Å². The van der Waals surface area contributed by atoms with E-state index < -0.39 is 0 Å². The summed E-state index contributed by atoms with van der Waals surface area (Å²) in [5, 5.41) is 0. The molecule has 3 nitrogen and oxygen atoms in total. The molecule has 0 spiro atoms. The van der Waals surface area contributed by atoms with Crippen LogP contribution in [-0.4, -0.2) is 56.6 Å². The zero-order chi connectivity index (χ0) is 12.6. The fourth-order valence-electron chi connectivity index (χ4n) is 1.85. The van der Waals surface area contributed by atoms with Crippen LogP contribution in [-0.2, 0) is 0 Å². The first-order chi connectivity index (χ1) is 7.49. The summed E-state index contributed by atoms with van der Waals surface area (Å²) in [4.78, 5) is 4.81. The number of hydrogen-bond acceptors (Lipinski definition) is 3. The molecule has 0 saturated carbocycles. The van der Waals surface area contributed by atoms with Crippen LogP contribution in [0.25, 0.3) is 0 Å². The first kappa shape index (κ1) is 15.9. The first-order valence-corrected chi connectivity index (χ1v) is 6.56. The quantitative estimate of drug-likeness (QED) is 0.650. The third-order valence-electron chi connectivity index (χ3n) is 2.91. The Labute approximate surface area is 102 Å². The van der Waals surface area contributed by atoms with Gasteiger partial charge in [0.05, 0.1) is 0 Å². The van der Waals surface area contributed by atoms with Crippen LogP contribution in [0.15, 0.2) is 0 Å². The van der Waals surface area contributed by atoms with E-state index in [0.29, 0.717) is 5.92 Å². The van der Waals surface area contributed by atoms with Crippen molar-refractivity contribution in [3.05, 3.63) is 0 Å². The summed E-state index contributed by atoms with van der Waals surface area (Å²) < 4.78 is 0. The highest BCUT2D eigenvalue weighted by Gasteiger charge is 2.12. The van der Waals surface area contributed by atoms with E-state index in [1.54, 1.807) is 0 Å². The van der Waals surface area contributed by atoms with E-state index in [-0.39, 0.29) is 0 Å². The summed E-state index contributed by atoms with van der Waals surface area (Å²) in [6, 6.07) is 0. The van der Waals surface area contributed by atoms with Crippen LogP contribution >= 0.6 is 0 Å². The maximum absolute atomic E-state index is 5.78. The van der Waals surface area contributed by atoms with Crippen molar-refractivity contribution in [2.45, 2.75) is 27.2 Å². The monoisotopic (exact) mass is 229 g/mol. The van der Waals surface area contributed by atoms with Gasteiger partial charge in [0.15, 0.2) is 0 Å². The molecule has 0 bridgehead atoms. The largest absolute Gasteiger partial charge is 0.330 e. The average molecular weight is 229 g/mol. The van der Waals surface area contributed by atoms with Gasteiger partial charge in [-0.2, -0.15) is 0 Å². The van der Waals surface area contributed by atoms with Gasteiger partial charge in [-0.05, 0) is 32.5 Å². The third-order valence-corrected chi connectivity index (χ3v) is 2.91. The predicted octanol–water partition coefficient (Wildman–Crippen LogP) is 1.49. The number of rotatable bonds is 9. The Hall–Kier alpha value is -0.120. The summed E-state index contributed by atoms with van der Waals surface area (Å²) >= 11 is 0. The molecule has 0 saturated heterocycles. The Bertz CT molecular complexity index is 153. The molecular weight excluding hydrogens is 198 g/mol. The first-order valence-electron chi connectivity index (χ1n) is 6.56. The molecule has 0 aliphatic carbocycles. The van der Waals surface area contributed by atoms with E-state index >= 15 is 0 Å². The van der Waals surface area contributed by atoms with Gasteiger partial charge < -0.3 is 15.5 Å². The van der Waals surface area contributed by atoms with E-state index in [2.05, 4.69) is 44.7 Å². The van der Waals surface area contributed by atoms with Crippen molar-refractivity contribution in [3.63, 3.8) is 0 Å². The maximum atomic E-state index is 5.78. The van der Waals surface area contributed by atoms with E-state index in [1.807, 2.05) is 0 Å². The van der Waals surface area contributed by atoms with E-state index in [1.165, 1.54) is 13.0 Å². The highest BCUT2D eigenvalue weighted by Crippen LogP contribution is 2.06. The molecule has 0 aromatic carbocycles. The standard InChI is InChI=1S/C13H31N3/c1-6-13(9-14)11-16(10-12(2)3)8-7-15(4)5/h12-13H,6-11,14H2,1-5H3. The van der Waals surface area contributed by atoms with Gasteiger partial charge in [-0.25, -0.2) is 0 Å². The molecule has 0 aliphatic heterocycles. The van der Waals surface area contributed by atoms with Gasteiger partial charge >= 0.3 is 0 Å². The van der Waals surface area contributed by atoms with E-state index in [4.69, 9.17) is 5.73 Å². The van der Waals surface area contributed by atoms with Crippen LogP contribution < -0.4 is 5.73 Å². The third kappa shape index (κ3) is 8.08. The molecule has 2 N–H and O–H groups in total. The van der Waals surface area contributed by atoms with Crippen LogP contribution in [0.4, 0.5) is 0 Å². The van der Waals surface area contributed by atoms with Gasteiger partial charge in [-0.3, -0.25) is 0 Å². The Morgan fingerprint density at radius 1 is 1.06 bits per heavy atom. The van der Waals surface area contributed by atoms with Crippen LogP contribution in [0.2, 0.25) is 0 Å². The molecule has 16 heavy (non-hydrogen) atoms. The van der Waals surface area contributed by atoms with Crippen molar-refractivity contribution in [1.82, 2.24) is 9.80 Å². The molecule has 98 valence electrons. The van der Waals surface area contributed by atoms with Crippen molar-refractivity contribution >= 4 is 0 Å². The predicted molar refractivity (Wildman–Crippen MR) is 72.7 cm³/mol. The fourth-order valence-corrected chi connectivity index (χ4v) is 1.85. The van der Waals surface area contributed by atoms with Gasteiger partial charge in [0.2, 0.25) is 0 Å². The molecule has 0 fully saturated rings. The van der Waals surface area contributed by atoms with Crippen molar-refractivity contribution < 1.29 is 0 Å². The molecule has 0 heterocycles. The fraction of sp³-hybridized carbons (Fsp3) is 1.00. The van der Waals surface area contributed by atoms with Gasteiger partial charge in [0, 0.05) is 26.2 Å². The van der Waals surface area contributed by atoms with Crippen LogP contribution in [0, 0.1) is 11.8 Å². The van der Waals surface area contributed by atoms with E-state index in [0.717, 1.165) is 32.1 Å². The van der Waals surface area contributed by atoms with Crippen LogP contribution in [0.5, 0.6) is 0 Å². The molecule has 1 unspecified atom stereocenters. The summed E-state index contributed by atoms with van der Waals surface area (Å²) in [7, 11) is 4.27. The van der Waals surface area contributed by atoms with Gasteiger partial charge in [0.1, 0.15) is 0 Å². The van der Waals surface area contributed by atoms with Crippen LogP contribution in [0.1, 0.15) is 27.2 Å². The molecular formula is C13H31N3. The molecule has 0 aromatic rings. The zero-order valence-corrected chi connectivity index (χ0v) is 11.9. The lowest BCUT2D eigenvalue weighted by molar-refractivity contribution is 0.189. The zero-order valence-electron chi connectivity index (χ0n) is 11.9. The molecule has 1 atom stereocenters. The minimum atomic E-state index is 0.654. The van der Waals surface area contributed by atoms with Crippen LogP contribution in [0.3, 0.4) is 0 Å². The average Bonchev–Trinajstić information content (AvgIpc) is 2.21. The van der Waals surface area contributed by atoms with Gasteiger partial charge in [-0.15, -0.1) is 0 Å². The Morgan fingerprint density at radius 2 is 1.69 bits per heavy atom. The van der Waals surface area contributed by atoms with E-state index in [9.17, 15) is 0 Å². The lowest BCUT2D eigenvalue weighted by atomic mass is 10.1. The molecule has 0 aromatic heterocycles. The number of hydrogen-bond donors (Lipinski definition) is 1. The topological polar surface area (TPSA) is 32.5 Å². The Morgan fingerprint density at radius 3 is 2.06 bits per heavy atom. The van der Waals surface area contributed by atoms with Crippen molar-refractivity contribution in [2.75, 3.05) is 46.8 Å². The van der Waals surface area contributed by atoms with Crippen molar-refractivity contribution in [3.8, 4) is 0 Å². The Kier molecular flexibility index (Phi) is 8.90. The van der Waals surface area contributed by atoms with Gasteiger partial charge in [0.25, 0.3) is 0 Å². The summed E-state index contributed by atoms with van der Waals surface area (Å²) in [6.45, 7) is 12.2.